The summed E-state index contributed by atoms with van der Waals surface area (Å²) in [7, 11) is 0. The Morgan fingerprint density at radius 2 is 2.54 bits per heavy atom. The van der Waals surface area contributed by atoms with Crippen LogP contribution in [0, 0.1) is 0 Å². The molecule has 0 bridgehead atoms. The number of nitrogens with two attached hydrogens (primary N) is 1. The highest BCUT2D eigenvalue weighted by atomic mass is 32.1. The molecule has 4 heteroatoms. The van der Waals surface area contributed by atoms with Gasteiger partial charge < -0.3 is 10.5 Å². The Kier molecular flexibility index (Phi) is 2.62. The molecular weight excluding hydrogens is 184 g/mol. The van der Waals surface area contributed by atoms with E-state index < -0.39 is 0 Å². The Labute approximate surface area is 81.9 Å². The van der Waals surface area contributed by atoms with Crippen molar-refractivity contribution in [1.29, 1.82) is 0 Å². The van der Waals surface area contributed by atoms with Crippen LogP contribution in [0.2, 0.25) is 0 Å². The average Bonchev–Trinajstić information content (AvgIpc) is 2.71. The summed E-state index contributed by atoms with van der Waals surface area (Å²) >= 11 is 1.66. The molecule has 0 spiro atoms. The van der Waals surface area contributed by atoms with Crippen LogP contribution in [0.25, 0.3) is 0 Å². The molecule has 2 atom stereocenters. The lowest BCUT2D eigenvalue weighted by Crippen LogP contribution is -2.02. The number of aromatic nitrogens is 1. The third-order valence-electron chi connectivity index (χ3n) is 2.29. The van der Waals surface area contributed by atoms with E-state index in [0.29, 0.717) is 12.6 Å². The SMILES string of the molecule is CC1CCC(c2nc(CN)cs2)O1. The van der Waals surface area contributed by atoms with Crippen molar-refractivity contribution in [2.45, 2.75) is 38.5 Å². The largest absolute Gasteiger partial charge is 0.368 e. The molecule has 0 amide bonds. The standard InChI is InChI=1S/C9H14N2OS/c1-6-2-3-8(12-6)9-11-7(4-10)5-13-9/h5-6,8H,2-4,10H2,1H3. The predicted octanol–water partition coefficient (Wildman–Crippen LogP) is 1.84. The topological polar surface area (TPSA) is 48.1 Å². The van der Waals surface area contributed by atoms with Gasteiger partial charge in [-0.1, -0.05) is 0 Å². The third-order valence-corrected chi connectivity index (χ3v) is 3.27. The van der Waals surface area contributed by atoms with Crippen LogP contribution in [0.4, 0.5) is 0 Å². The van der Waals surface area contributed by atoms with Gasteiger partial charge in [0.2, 0.25) is 0 Å². The van der Waals surface area contributed by atoms with Gasteiger partial charge in [-0.3, -0.25) is 0 Å². The maximum absolute atomic E-state index is 5.71. The van der Waals surface area contributed by atoms with Crippen LogP contribution >= 0.6 is 11.3 Å². The zero-order valence-electron chi connectivity index (χ0n) is 7.69. The Balaban J connectivity index is 2.08. The highest BCUT2D eigenvalue weighted by molar-refractivity contribution is 7.09. The van der Waals surface area contributed by atoms with E-state index in [9.17, 15) is 0 Å². The number of thiazole rings is 1. The maximum atomic E-state index is 5.71. The van der Waals surface area contributed by atoms with Gasteiger partial charge in [-0.25, -0.2) is 4.98 Å². The molecule has 3 nitrogen and oxygen atoms in total. The van der Waals surface area contributed by atoms with Gasteiger partial charge in [0.1, 0.15) is 11.1 Å². The first kappa shape index (κ1) is 9.12. The quantitative estimate of drug-likeness (QED) is 0.788. The molecule has 0 radical (unpaired) electrons. The van der Waals surface area contributed by atoms with Crippen LogP contribution in [-0.2, 0) is 11.3 Å². The molecule has 0 aromatic carbocycles. The number of hydrogen-bond donors (Lipinski definition) is 1. The van der Waals surface area contributed by atoms with Crippen molar-refractivity contribution >= 4 is 11.3 Å². The lowest BCUT2D eigenvalue weighted by atomic mass is 10.2. The first-order valence-corrected chi connectivity index (χ1v) is 5.47. The highest BCUT2D eigenvalue weighted by Crippen LogP contribution is 2.33. The van der Waals surface area contributed by atoms with Gasteiger partial charge in [0, 0.05) is 11.9 Å². The minimum atomic E-state index is 0.222. The molecule has 1 saturated heterocycles. The molecule has 1 fully saturated rings. The summed E-state index contributed by atoms with van der Waals surface area (Å²) in [5.41, 5.74) is 6.47. The first-order chi connectivity index (χ1) is 6.29. The second-order valence-electron chi connectivity index (χ2n) is 3.39. The summed E-state index contributed by atoms with van der Waals surface area (Å²) in [4.78, 5) is 4.41. The summed E-state index contributed by atoms with van der Waals surface area (Å²) in [6.07, 6.45) is 2.84. The smallest absolute Gasteiger partial charge is 0.122 e. The van der Waals surface area contributed by atoms with Crippen LogP contribution in [0.1, 0.15) is 36.6 Å². The second kappa shape index (κ2) is 3.74. The normalized spacial score (nSPS) is 28.2. The Morgan fingerprint density at radius 1 is 1.69 bits per heavy atom. The van der Waals surface area contributed by atoms with Gasteiger partial charge in [0.05, 0.1) is 11.8 Å². The van der Waals surface area contributed by atoms with Gasteiger partial charge in [-0.05, 0) is 19.8 Å². The van der Waals surface area contributed by atoms with E-state index in [2.05, 4.69) is 11.9 Å². The van der Waals surface area contributed by atoms with E-state index in [0.717, 1.165) is 23.5 Å². The molecule has 1 aromatic rings. The zero-order chi connectivity index (χ0) is 9.26. The fourth-order valence-electron chi connectivity index (χ4n) is 1.55. The van der Waals surface area contributed by atoms with Crippen molar-refractivity contribution in [2.75, 3.05) is 0 Å². The maximum Gasteiger partial charge on any atom is 0.122 e. The van der Waals surface area contributed by atoms with Crippen LogP contribution in [0.5, 0.6) is 0 Å². The summed E-state index contributed by atoms with van der Waals surface area (Å²) in [5, 5.41) is 3.10. The molecule has 1 aliphatic rings. The molecule has 0 aliphatic carbocycles. The summed E-state index contributed by atoms with van der Waals surface area (Å²) in [6.45, 7) is 2.64. The summed E-state index contributed by atoms with van der Waals surface area (Å²) in [6, 6.07) is 0. The monoisotopic (exact) mass is 198 g/mol. The van der Waals surface area contributed by atoms with E-state index in [1.54, 1.807) is 11.3 Å². The molecule has 2 rings (SSSR count). The van der Waals surface area contributed by atoms with E-state index >= 15 is 0 Å². The predicted molar refractivity (Wildman–Crippen MR) is 52.5 cm³/mol. The number of hydrogen-bond acceptors (Lipinski definition) is 4. The summed E-state index contributed by atoms with van der Waals surface area (Å²) < 4.78 is 5.71. The fourth-order valence-corrected chi connectivity index (χ4v) is 2.45. The Bertz CT molecular complexity index is 287. The van der Waals surface area contributed by atoms with E-state index in [1.165, 1.54) is 0 Å². The van der Waals surface area contributed by atoms with Crippen molar-refractivity contribution in [3.8, 4) is 0 Å². The third kappa shape index (κ3) is 1.90. The number of ether oxygens (including phenoxy) is 1. The first-order valence-electron chi connectivity index (χ1n) is 4.59. The van der Waals surface area contributed by atoms with Crippen molar-refractivity contribution in [3.05, 3.63) is 16.1 Å². The highest BCUT2D eigenvalue weighted by Gasteiger charge is 2.25. The van der Waals surface area contributed by atoms with E-state index in [-0.39, 0.29) is 6.10 Å². The van der Waals surface area contributed by atoms with Gasteiger partial charge in [0.15, 0.2) is 0 Å². The van der Waals surface area contributed by atoms with Gasteiger partial charge in [-0.15, -0.1) is 11.3 Å². The van der Waals surface area contributed by atoms with E-state index in [4.69, 9.17) is 10.5 Å². The fraction of sp³-hybridized carbons (Fsp3) is 0.667. The van der Waals surface area contributed by atoms with E-state index in [1.807, 2.05) is 5.38 Å². The molecule has 0 saturated carbocycles. The van der Waals surface area contributed by atoms with Crippen molar-refractivity contribution in [3.63, 3.8) is 0 Å². The molecule has 2 N–H and O–H groups in total. The lowest BCUT2D eigenvalue weighted by molar-refractivity contribution is 0.0553. The average molecular weight is 198 g/mol. The molecule has 72 valence electrons. The van der Waals surface area contributed by atoms with Crippen molar-refractivity contribution in [1.82, 2.24) is 4.98 Å². The summed E-state index contributed by atoms with van der Waals surface area (Å²) in [5.74, 6) is 0. The zero-order valence-corrected chi connectivity index (χ0v) is 8.51. The number of rotatable bonds is 2. The van der Waals surface area contributed by atoms with Crippen LogP contribution < -0.4 is 5.73 Å². The van der Waals surface area contributed by atoms with Crippen LogP contribution in [0.3, 0.4) is 0 Å². The second-order valence-corrected chi connectivity index (χ2v) is 4.28. The minimum absolute atomic E-state index is 0.222. The minimum Gasteiger partial charge on any atom is -0.368 e. The van der Waals surface area contributed by atoms with Gasteiger partial charge in [0.25, 0.3) is 0 Å². The molecule has 13 heavy (non-hydrogen) atoms. The molecule has 1 aliphatic heterocycles. The molecular formula is C9H14N2OS. The molecule has 2 unspecified atom stereocenters. The Morgan fingerprint density at radius 3 is 3.08 bits per heavy atom. The van der Waals surface area contributed by atoms with Crippen LogP contribution in [0.15, 0.2) is 5.38 Å². The van der Waals surface area contributed by atoms with Gasteiger partial charge >= 0.3 is 0 Å². The number of nitrogens with zero attached hydrogens (tertiary/aromatic N) is 1. The van der Waals surface area contributed by atoms with Crippen molar-refractivity contribution < 1.29 is 4.74 Å². The lowest BCUT2D eigenvalue weighted by Gasteiger charge is -2.06. The Hall–Kier alpha value is -0.450. The molecule has 1 aromatic heterocycles. The van der Waals surface area contributed by atoms with Crippen LogP contribution in [-0.4, -0.2) is 11.1 Å². The molecule has 2 heterocycles. The van der Waals surface area contributed by atoms with Gasteiger partial charge in [-0.2, -0.15) is 0 Å². The van der Waals surface area contributed by atoms with Crippen molar-refractivity contribution in [2.24, 2.45) is 5.73 Å².